The molecule has 0 aliphatic rings. The van der Waals surface area contributed by atoms with Gasteiger partial charge in [-0.05, 0) is 36.0 Å². The molecule has 3 aromatic carbocycles. The third-order valence-corrected chi connectivity index (χ3v) is 5.14. The molecule has 0 amide bonds. The Morgan fingerprint density at radius 3 is 2.39 bits per heavy atom. The molecule has 0 bridgehead atoms. The molecule has 2 N–H and O–H groups in total. The maximum Gasteiger partial charge on any atom is 0.123 e. The summed E-state index contributed by atoms with van der Waals surface area (Å²) in [6.07, 6.45) is 0. The fourth-order valence-corrected chi connectivity index (χ4v) is 3.64. The fourth-order valence-electron chi connectivity index (χ4n) is 2.47. The summed E-state index contributed by atoms with van der Waals surface area (Å²) in [5.74, 6) is 0.369. The van der Waals surface area contributed by atoms with Gasteiger partial charge in [-0.3, -0.25) is 0 Å². The average Bonchev–Trinajstić information content (AvgIpc) is 2.58. The zero-order valence-corrected chi connectivity index (χ0v) is 14.1. The van der Waals surface area contributed by atoms with Crippen molar-refractivity contribution in [2.75, 3.05) is 5.32 Å². The monoisotopic (exact) mass is 321 g/mol. The normalized spacial score (nSPS) is 11.0. The van der Waals surface area contributed by atoms with E-state index in [0.29, 0.717) is 14.3 Å². The lowest BCUT2D eigenvalue weighted by atomic mass is 10.1. The van der Waals surface area contributed by atoms with Gasteiger partial charge in [0.1, 0.15) is 5.75 Å². The van der Waals surface area contributed by atoms with Crippen molar-refractivity contribution in [1.82, 2.24) is 0 Å². The van der Waals surface area contributed by atoms with E-state index in [9.17, 15) is 5.11 Å². The van der Waals surface area contributed by atoms with E-state index in [2.05, 4.69) is 42.6 Å². The number of benzene rings is 3. The summed E-state index contributed by atoms with van der Waals surface area (Å²) in [4.78, 5) is 0. The molecule has 3 heteroatoms. The van der Waals surface area contributed by atoms with Gasteiger partial charge >= 0.3 is 0 Å². The van der Waals surface area contributed by atoms with Gasteiger partial charge in [0.05, 0.1) is 0 Å². The Balaban J connectivity index is 1.82. The van der Waals surface area contributed by atoms with Gasteiger partial charge in [0, 0.05) is 17.5 Å². The molecule has 0 aromatic heterocycles. The van der Waals surface area contributed by atoms with Crippen LogP contribution in [0.2, 0.25) is 0 Å². The molecule has 0 heterocycles. The lowest BCUT2D eigenvalue weighted by molar-refractivity contribution is 0.480. The molecular weight excluding hydrogens is 301 g/mol. The maximum atomic E-state index is 10.0. The Bertz CT molecular complexity index is 787. The van der Waals surface area contributed by atoms with E-state index in [-0.39, 0.29) is 0 Å². The number of aromatic hydroxyl groups is 1. The largest absolute Gasteiger partial charge is 0.507 e. The first-order valence-corrected chi connectivity index (χ1v) is 8.66. The van der Waals surface area contributed by atoms with Crippen LogP contribution in [0.15, 0.2) is 72.8 Å². The third kappa shape index (κ3) is 4.12. The third-order valence-electron chi connectivity index (χ3n) is 3.69. The molecule has 116 valence electrons. The molecule has 0 saturated carbocycles. The van der Waals surface area contributed by atoms with Crippen LogP contribution in [-0.4, -0.2) is 5.11 Å². The second-order valence-corrected chi connectivity index (χ2v) is 6.85. The first-order chi connectivity index (χ1) is 11.2. The molecule has 0 radical (unpaired) electrons. The van der Waals surface area contributed by atoms with Gasteiger partial charge in [0.25, 0.3) is 0 Å². The first-order valence-electron chi connectivity index (χ1n) is 7.66. The number of hydrogen-bond donors (Lipinski definition) is 2. The molecule has 1 unspecified atom stereocenters. The molecule has 1 atom stereocenters. The Hall–Kier alpha value is -2.31. The highest BCUT2D eigenvalue weighted by Crippen LogP contribution is 2.21. The van der Waals surface area contributed by atoms with Crippen molar-refractivity contribution in [3.63, 3.8) is 0 Å². The Morgan fingerprint density at radius 2 is 1.61 bits per heavy atom. The number of nitrogens with one attached hydrogen (secondary N) is 1. The fraction of sp³-hybridized carbons (Fsp3) is 0.100. The van der Waals surface area contributed by atoms with E-state index in [1.54, 1.807) is 6.07 Å². The number of rotatable bonds is 5. The van der Waals surface area contributed by atoms with Crippen molar-refractivity contribution in [3.8, 4) is 5.75 Å². The first kappa shape index (κ1) is 15.6. The predicted octanol–water partition coefficient (Wildman–Crippen LogP) is 3.94. The van der Waals surface area contributed by atoms with Gasteiger partial charge in [-0.2, -0.15) is 0 Å². The van der Waals surface area contributed by atoms with Crippen molar-refractivity contribution in [1.29, 1.82) is 0 Å². The topological polar surface area (TPSA) is 32.3 Å². The highest BCUT2D eigenvalue weighted by Gasteiger charge is 2.07. The molecule has 0 fully saturated rings. The Labute approximate surface area is 139 Å². The van der Waals surface area contributed by atoms with Crippen LogP contribution in [0, 0.1) is 6.92 Å². The van der Waals surface area contributed by atoms with Crippen molar-refractivity contribution in [2.45, 2.75) is 13.5 Å². The van der Waals surface area contributed by atoms with Crippen LogP contribution in [-0.2, 0) is 6.54 Å². The lowest BCUT2D eigenvalue weighted by Gasteiger charge is -2.13. The van der Waals surface area contributed by atoms with Gasteiger partial charge in [-0.1, -0.05) is 68.7 Å². The van der Waals surface area contributed by atoms with E-state index in [0.717, 1.165) is 17.5 Å². The maximum absolute atomic E-state index is 10.0. The summed E-state index contributed by atoms with van der Waals surface area (Å²) in [7, 11) is 0.448. The summed E-state index contributed by atoms with van der Waals surface area (Å²) in [5, 5.41) is 15.7. The molecular formula is C20H20NOP. The van der Waals surface area contributed by atoms with E-state index in [4.69, 9.17) is 0 Å². The quantitative estimate of drug-likeness (QED) is 0.698. The SMILES string of the molecule is Cc1ccc(Pc2ccccc2O)c(CNc2ccccc2)c1. The molecule has 0 spiro atoms. The van der Waals surface area contributed by atoms with Crippen LogP contribution in [0.25, 0.3) is 0 Å². The zero-order chi connectivity index (χ0) is 16.1. The molecule has 0 aliphatic carbocycles. The van der Waals surface area contributed by atoms with Crippen LogP contribution in [0.3, 0.4) is 0 Å². The van der Waals surface area contributed by atoms with Crippen LogP contribution >= 0.6 is 8.58 Å². The molecule has 0 aliphatic heterocycles. The number of para-hydroxylation sites is 2. The van der Waals surface area contributed by atoms with Gasteiger partial charge in [-0.25, -0.2) is 0 Å². The number of anilines is 1. The van der Waals surface area contributed by atoms with Crippen LogP contribution < -0.4 is 15.9 Å². The second-order valence-electron chi connectivity index (χ2n) is 5.52. The van der Waals surface area contributed by atoms with Crippen molar-refractivity contribution in [2.24, 2.45) is 0 Å². The van der Waals surface area contributed by atoms with Crippen molar-refractivity contribution < 1.29 is 5.11 Å². The van der Waals surface area contributed by atoms with E-state index < -0.39 is 0 Å². The summed E-state index contributed by atoms with van der Waals surface area (Å²) in [6, 6.07) is 24.3. The van der Waals surface area contributed by atoms with Crippen LogP contribution in [0.4, 0.5) is 5.69 Å². The van der Waals surface area contributed by atoms with E-state index >= 15 is 0 Å². The summed E-state index contributed by atoms with van der Waals surface area (Å²) in [5.41, 5.74) is 3.64. The lowest BCUT2D eigenvalue weighted by Crippen LogP contribution is -2.13. The molecule has 0 saturated heterocycles. The summed E-state index contributed by atoms with van der Waals surface area (Å²) < 4.78 is 0. The van der Waals surface area contributed by atoms with Gasteiger partial charge in [0.2, 0.25) is 0 Å². The Kier molecular flexibility index (Phi) is 4.95. The second kappa shape index (κ2) is 7.30. The summed E-state index contributed by atoms with van der Waals surface area (Å²) >= 11 is 0. The molecule has 23 heavy (non-hydrogen) atoms. The number of hydrogen-bond acceptors (Lipinski definition) is 2. The van der Waals surface area contributed by atoms with Crippen molar-refractivity contribution >= 4 is 24.9 Å². The van der Waals surface area contributed by atoms with Gasteiger partial charge in [0.15, 0.2) is 0 Å². The molecule has 3 rings (SSSR count). The van der Waals surface area contributed by atoms with E-state index in [1.165, 1.54) is 16.4 Å². The van der Waals surface area contributed by atoms with E-state index in [1.807, 2.05) is 36.4 Å². The molecule has 2 nitrogen and oxygen atoms in total. The average molecular weight is 321 g/mol. The Morgan fingerprint density at radius 1 is 0.870 bits per heavy atom. The smallest absolute Gasteiger partial charge is 0.123 e. The number of aryl methyl sites for hydroxylation is 1. The predicted molar refractivity (Wildman–Crippen MR) is 101 cm³/mol. The standard InChI is InChI=1S/C20H20NOP/c1-15-11-12-19(23-20-10-6-5-9-18(20)22)16(13-15)14-21-17-7-3-2-4-8-17/h2-13,21-23H,14H2,1H3. The minimum absolute atomic E-state index is 0.369. The molecule has 3 aromatic rings. The highest BCUT2D eigenvalue weighted by molar-refractivity contribution is 7.55. The highest BCUT2D eigenvalue weighted by atomic mass is 31.1. The minimum Gasteiger partial charge on any atom is -0.507 e. The minimum atomic E-state index is 0.369. The van der Waals surface area contributed by atoms with Crippen LogP contribution in [0.1, 0.15) is 11.1 Å². The van der Waals surface area contributed by atoms with Crippen molar-refractivity contribution in [3.05, 3.63) is 83.9 Å². The number of phenols is 1. The zero-order valence-electron chi connectivity index (χ0n) is 13.1. The van der Waals surface area contributed by atoms with Crippen LogP contribution in [0.5, 0.6) is 5.75 Å². The number of phenolic OH excluding ortho intramolecular Hbond substituents is 1. The van der Waals surface area contributed by atoms with Gasteiger partial charge in [-0.15, -0.1) is 0 Å². The van der Waals surface area contributed by atoms with Gasteiger partial charge < -0.3 is 10.4 Å². The summed E-state index contributed by atoms with van der Waals surface area (Å²) in [6.45, 7) is 2.89.